The number of aromatic nitrogens is 2. The van der Waals surface area contributed by atoms with E-state index in [4.69, 9.17) is 0 Å². The maximum absolute atomic E-state index is 12.0. The van der Waals surface area contributed by atoms with E-state index >= 15 is 0 Å². The van der Waals surface area contributed by atoms with Crippen LogP contribution in [0.2, 0.25) is 0 Å². The second-order valence-corrected chi connectivity index (χ2v) is 6.60. The molecule has 0 bridgehead atoms. The van der Waals surface area contributed by atoms with Crippen molar-refractivity contribution < 1.29 is 9.59 Å². The molecule has 1 aromatic carbocycles. The average molecular weight is 368 g/mol. The van der Waals surface area contributed by atoms with Crippen LogP contribution >= 0.6 is 11.8 Å². The van der Waals surface area contributed by atoms with Gasteiger partial charge in [-0.2, -0.15) is 0 Å². The molecule has 0 atom stereocenters. The molecule has 0 radical (unpaired) electrons. The monoisotopic (exact) mass is 368 g/mol. The van der Waals surface area contributed by atoms with Gasteiger partial charge < -0.3 is 10.6 Å². The molecule has 0 saturated heterocycles. The average Bonchev–Trinajstić information content (AvgIpc) is 3.08. The van der Waals surface area contributed by atoms with Crippen LogP contribution in [-0.4, -0.2) is 33.5 Å². The number of pyridine rings is 1. The van der Waals surface area contributed by atoms with Gasteiger partial charge in [-0.25, -0.2) is 4.98 Å². The number of para-hydroxylation sites is 1. The summed E-state index contributed by atoms with van der Waals surface area (Å²) in [7, 11) is 0. The van der Waals surface area contributed by atoms with Crippen molar-refractivity contribution in [1.82, 2.24) is 14.7 Å². The van der Waals surface area contributed by atoms with Crippen LogP contribution in [-0.2, 0) is 16.0 Å². The molecule has 6 nitrogen and oxygen atoms in total. The number of carbonyl (C=O) groups excluding carboxylic acids is 2. The largest absolute Gasteiger partial charge is 0.346 e. The Bertz CT molecular complexity index is 923. The standard InChI is InChI=1S/C19H20N4O2S/c1-2-14-7-3-4-9-16(14)22-17(24)12-20-18(25)13-26-19-21-11-15-8-5-6-10-23(15)19/h3-11H,2,12-13H2,1H3,(H,20,25)(H,22,24). The number of fused-ring (bicyclic) bond motifs is 1. The summed E-state index contributed by atoms with van der Waals surface area (Å²) in [5.74, 6) is -0.246. The molecule has 2 aromatic heterocycles. The Morgan fingerprint density at radius 1 is 1.12 bits per heavy atom. The van der Waals surface area contributed by atoms with E-state index in [-0.39, 0.29) is 24.1 Å². The minimum Gasteiger partial charge on any atom is -0.346 e. The van der Waals surface area contributed by atoms with Gasteiger partial charge in [0.2, 0.25) is 11.8 Å². The lowest BCUT2D eigenvalue weighted by molar-refractivity contribution is -0.122. The number of carbonyl (C=O) groups is 2. The summed E-state index contributed by atoms with van der Waals surface area (Å²) in [6.45, 7) is 1.98. The van der Waals surface area contributed by atoms with Gasteiger partial charge in [-0.15, -0.1) is 0 Å². The molecule has 2 amide bonds. The Hall–Kier alpha value is -2.80. The number of anilines is 1. The zero-order chi connectivity index (χ0) is 18.4. The van der Waals surface area contributed by atoms with Gasteiger partial charge in [0.25, 0.3) is 0 Å². The van der Waals surface area contributed by atoms with Crippen molar-refractivity contribution in [3.8, 4) is 0 Å². The number of nitrogens with zero attached hydrogens (tertiary/aromatic N) is 2. The van der Waals surface area contributed by atoms with Gasteiger partial charge in [-0.05, 0) is 30.2 Å². The normalized spacial score (nSPS) is 10.7. The Morgan fingerprint density at radius 2 is 1.92 bits per heavy atom. The van der Waals surface area contributed by atoms with Crippen molar-refractivity contribution in [2.45, 2.75) is 18.5 Å². The predicted octanol–water partition coefficient (Wildman–Crippen LogP) is 2.74. The molecule has 2 N–H and O–H groups in total. The molecule has 0 fully saturated rings. The molecule has 26 heavy (non-hydrogen) atoms. The van der Waals surface area contributed by atoms with Crippen molar-refractivity contribution in [3.63, 3.8) is 0 Å². The molecular formula is C19H20N4O2S. The fraction of sp³-hybridized carbons (Fsp3) is 0.211. The Kier molecular flexibility index (Phi) is 5.91. The minimum atomic E-state index is -0.240. The van der Waals surface area contributed by atoms with Crippen molar-refractivity contribution in [2.75, 3.05) is 17.6 Å². The Morgan fingerprint density at radius 3 is 2.77 bits per heavy atom. The molecule has 3 rings (SSSR count). The SMILES string of the molecule is CCc1ccccc1NC(=O)CNC(=O)CSc1ncc2ccccn12. The van der Waals surface area contributed by atoms with Crippen molar-refractivity contribution in [2.24, 2.45) is 0 Å². The summed E-state index contributed by atoms with van der Waals surface area (Å²) < 4.78 is 1.92. The van der Waals surface area contributed by atoms with Gasteiger partial charge >= 0.3 is 0 Å². The van der Waals surface area contributed by atoms with E-state index in [9.17, 15) is 9.59 Å². The minimum absolute atomic E-state index is 0.0558. The first-order valence-electron chi connectivity index (χ1n) is 8.36. The molecule has 7 heteroatoms. The number of benzene rings is 1. The van der Waals surface area contributed by atoms with Gasteiger partial charge in [0.1, 0.15) is 0 Å². The summed E-state index contributed by atoms with van der Waals surface area (Å²) in [4.78, 5) is 28.4. The second-order valence-electron chi connectivity index (χ2n) is 5.66. The quantitative estimate of drug-likeness (QED) is 0.629. The fourth-order valence-electron chi connectivity index (χ4n) is 2.53. The summed E-state index contributed by atoms with van der Waals surface area (Å²) in [6, 6.07) is 13.4. The third-order valence-corrected chi connectivity index (χ3v) is 4.82. The molecule has 0 aliphatic rings. The van der Waals surface area contributed by atoms with Gasteiger partial charge in [0, 0.05) is 11.9 Å². The van der Waals surface area contributed by atoms with Crippen LogP contribution in [0, 0.1) is 0 Å². The Labute approximate surface area is 156 Å². The maximum Gasteiger partial charge on any atom is 0.243 e. The van der Waals surface area contributed by atoms with Crippen LogP contribution in [0.1, 0.15) is 12.5 Å². The first-order valence-corrected chi connectivity index (χ1v) is 9.35. The van der Waals surface area contributed by atoms with E-state index in [0.717, 1.165) is 28.3 Å². The summed E-state index contributed by atoms with van der Waals surface area (Å²) in [5.41, 5.74) is 2.82. The van der Waals surface area contributed by atoms with E-state index in [0.29, 0.717) is 0 Å². The van der Waals surface area contributed by atoms with Crippen LogP contribution in [0.5, 0.6) is 0 Å². The third-order valence-electron chi connectivity index (χ3n) is 3.86. The number of rotatable bonds is 7. The number of aryl methyl sites for hydroxylation is 1. The highest BCUT2D eigenvalue weighted by Gasteiger charge is 2.10. The van der Waals surface area contributed by atoms with Crippen molar-refractivity contribution in [1.29, 1.82) is 0 Å². The zero-order valence-corrected chi connectivity index (χ0v) is 15.3. The maximum atomic E-state index is 12.0. The number of hydrogen-bond acceptors (Lipinski definition) is 4. The van der Waals surface area contributed by atoms with E-state index in [2.05, 4.69) is 15.6 Å². The number of hydrogen-bond donors (Lipinski definition) is 2. The highest BCUT2D eigenvalue weighted by Crippen LogP contribution is 2.18. The molecule has 2 heterocycles. The van der Waals surface area contributed by atoms with Crippen LogP contribution in [0.4, 0.5) is 5.69 Å². The second kappa shape index (κ2) is 8.53. The smallest absolute Gasteiger partial charge is 0.243 e. The summed E-state index contributed by atoms with van der Waals surface area (Å²) in [5, 5.41) is 6.22. The van der Waals surface area contributed by atoms with Gasteiger partial charge in [-0.3, -0.25) is 14.0 Å². The molecule has 0 unspecified atom stereocenters. The van der Waals surface area contributed by atoms with Crippen molar-refractivity contribution >= 4 is 34.8 Å². The van der Waals surface area contributed by atoms with Crippen LogP contribution in [0.3, 0.4) is 0 Å². The Balaban J connectivity index is 1.47. The third kappa shape index (κ3) is 4.43. The van der Waals surface area contributed by atoms with Gasteiger partial charge in [0.05, 0.1) is 24.0 Å². The van der Waals surface area contributed by atoms with Crippen LogP contribution in [0.15, 0.2) is 60.0 Å². The topological polar surface area (TPSA) is 75.5 Å². The van der Waals surface area contributed by atoms with Gasteiger partial charge in [-0.1, -0.05) is 43.0 Å². The number of thioether (sulfide) groups is 1. The highest BCUT2D eigenvalue weighted by molar-refractivity contribution is 7.99. The number of nitrogens with one attached hydrogen (secondary N) is 2. The fourth-order valence-corrected chi connectivity index (χ4v) is 3.33. The highest BCUT2D eigenvalue weighted by atomic mass is 32.2. The summed E-state index contributed by atoms with van der Waals surface area (Å²) >= 11 is 1.33. The van der Waals surface area contributed by atoms with Crippen LogP contribution in [0.25, 0.3) is 5.52 Å². The lowest BCUT2D eigenvalue weighted by Gasteiger charge is -2.10. The lowest BCUT2D eigenvalue weighted by Crippen LogP contribution is -2.34. The zero-order valence-electron chi connectivity index (χ0n) is 14.4. The first-order chi connectivity index (χ1) is 12.7. The van der Waals surface area contributed by atoms with Crippen molar-refractivity contribution in [3.05, 3.63) is 60.4 Å². The predicted molar refractivity (Wildman–Crippen MR) is 103 cm³/mol. The molecule has 0 aliphatic heterocycles. The molecular weight excluding hydrogens is 348 g/mol. The van der Waals surface area contributed by atoms with E-state index < -0.39 is 0 Å². The molecule has 0 aliphatic carbocycles. The molecule has 3 aromatic rings. The van der Waals surface area contributed by atoms with Gasteiger partial charge in [0.15, 0.2) is 5.16 Å². The lowest BCUT2D eigenvalue weighted by atomic mass is 10.1. The molecule has 0 saturated carbocycles. The number of amides is 2. The van der Waals surface area contributed by atoms with E-state index in [1.165, 1.54) is 11.8 Å². The molecule has 134 valence electrons. The number of imidazole rings is 1. The van der Waals surface area contributed by atoms with Crippen LogP contribution < -0.4 is 10.6 Å². The first kappa shape index (κ1) is 18.0. The molecule has 0 spiro atoms. The van der Waals surface area contributed by atoms with E-state index in [1.54, 1.807) is 6.20 Å². The van der Waals surface area contributed by atoms with E-state index in [1.807, 2.05) is 60.0 Å². The summed E-state index contributed by atoms with van der Waals surface area (Å²) in [6.07, 6.45) is 4.50.